The van der Waals surface area contributed by atoms with E-state index in [4.69, 9.17) is 0 Å². The van der Waals surface area contributed by atoms with Crippen LogP contribution in [0.25, 0.3) is 77.2 Å². The molecule has 0 radical (unpaired) electrons. The summed E-state index contributed by atoms with van der Waals surface area (Å²) in [5, 5.41) is 14.8. The second-order valence-corrected chi connectivity index (χ2v) is 11.6. The van der Waals surface area contributed by atoms with Gasteiger partial charge in [-0.1, -0.05) is 97.1 Å². The van der Waals surface area contributed by atoms with Gasteiger partial charge in [0.05, 0.1) is 39.9 Å². The smallest absolute Gasteiger partial charge is 0.0998 e. The molecule has 9 aromatic rings. The molecule has 0 aliphatic heterocycles. The Kier molecular flexibility index (Phi) is 5.84. The van der Waals surface area contributed by atoms with E-state index < -0.39 is 0 Å². The zero-order valence-corrected chi connectivity index (χ0v) is 24.8. The van der Waals surface area contributed by atoms with E-state index in [0.29, 0.717) is 5.56 Å². The van der Waals surface area contributed by atoms with Crippen LogP contribution in [-0.2, 0) is 0 Å². The molecule has 214 valence electrons. The van der Waals surface area contributed by atoms with Crippen molar-refractivity contribution < 1.29 is 0 Å². The van der Waals surface area contributed by atoms with E-state index in [0.717, 1.165) is 61.1 Å². The average Bonchev–Trinajstić information content (AvgIpc) is 3.65. The lowest BCUT2D eigenvalue weighted by Gasteiger charge is -2.17. The molecule has 4 heteroatoms. The average molecular weight is 587 g/mol. The maximum absolute atomic E-state index is 10.0. The molecular weight excluding hydrogens is 560 g/mol. The highest BCUT2D eigenvalue weighted by Gasteiger charge is 2.19. The van der Waals surface area contributed by atoms with Crippen molar-refractivity contribution in [1.29, 1.82) is 5.26 Å². The van der Waals surface area contributed by atoms with Crippen LogP contribution in [0, 0.1) is 11.3 Å². The molecule has 0 saturated carbocycles. The van der Waals surface area contributed by atoms with Crippen LogP contribution in [0.4, 0.5) is 0 Å². The molecule has 6 aromatic carbocycles. The number of hydrogen-bond donors (Lipinski definition) is 0. The number of hydrogen-bond acceptors (Lipinski definition) is 2. The van der Waals surface area contributed by atoms with Gasteiger partial charge in [0.25, 0.3) is 0 Å². The van der Waals surface area contributed by atoms with E-state index >= 15 is 0 Å². The quantitative estimate of drug-likeness (QED) is 0.206. The molecule has 0 fully saturated rings. The van der Waals surface area contributed by atoms with Gasteiger partial charge < -0.3 is 9.13 Å². The summed E-state index contributed by atoms with van der Waals surface area (Å²) >= 11 is 0. The van der Waals surface area contributed by atoms with E-state index in [9.17, 15) is 5.26 Å². The summed E-state index contributed by atoms with van der Waals surface area (Å²) < 4.78 is 4.69. The van der Waals surface area contributed by atoms with Crippen molar-refractivity contribution in [3.63, 3.8) is 0 Å². The van der Waals surface area contributed by atoms with Gasteiger partial charge >= 0.3 is 0 Å². The highest BCUT2D eigenvalue weighted by atomic mass is 15.0. The van der Waals surface area contributed by atoms with Gasteiger partial charge in [-0.05, 0) is 65.2 Å². The first-order valence-electron chi connectivity index (χ1n) is 15.4. The summed E-state index contributed by atoms with van der Waals surface area (Å²) in [5.74, 6) is 0. The first-order valence-corrected chi connectivity index (χ1v) is 15.4. The summed E-state index contributed by atoms with van der Waals surface area (Å²) in [6.07, 6.45) is 3.82. The lowest BCUT2D eigenvalue weighted by Crippen LogP contribution is -2.00. The Morgan fingerprint density at radius 1 is 0.457 bits per heavy atom. The minimum atomic E-state index is 0.655. The molecule has 46 heavy (non-hydrogen) atoms. The van der Waals surface area contributed by atoms with Crippen molar-refractivity contribution in [1.82, 2.24) is 14.1 Å². The highest BCUT2D eigenvalue weighted by molar-refractivity contribution is 6.10. The van der Waals surface area contributed by atoms with Crippen LogP contribution in [-0.4, -0.2) is 14.1 Å². The van der Waals surface area contributed by atoms with Crippen LogP contribution in [0.2, 0.25) is 0 Å². The number of nitrogens with zero attached hydrogens (tertiary/aromatic N) is 4. The molecule has 0 aliphatic rings. The molecule has 0 N–H and O–H groups in total. The van der Waals surface area contributed by atoms with Gasteiger partial charge in [-0.15, -0.1) is 0 Å². The predicted molar refractivity (Wildman–Crippen MR) is 189 cm³/mol. The molecule has 3 heterocycles. The first kappa shape index (κ1) is 26.0. The summed E-state index contributed by atoms with van der Waals surface area (Å²) in [6, 6.07) is 53.3. The van der Waals surface area contributed by atoms with E-state index in [-0.39, 0.29) is 0 Å². The third kappa shape index (κ3) is 3.89. The van der Waals surface area contributed by atoms with Crippen molar-refractivity contribution >= 4 is 43.6 Å². The third-order valence-corrected chi connectivity index (χ3v) is 9.05. The second-order valence-electron chi connectivity index (χ2n) is 11.6. The van der Waals surface area contributed by atoms with E-state index in [1.807, 2.05) is 42.7 Å². The Morgan fingerprint density at radius 2 is 0.935 bits per heavy atom. The van der Waals surface area contributed by atoms with Gasteiger partial charge in [-0.25, -0.2) is 0 Å². The maximum atomic E-state index is 10.0. The number of aromatic nitrogens is 3. The van der Waals surface area contributed by atoms with Gasteiger partial charge in [0, 0.05) is 44.7 Å². The van der Waals surface area contributed by atoms with Crippen LogP contribution in [0.1, 0.15) is 5.56 Å². The zero-order valence-electron chi connectivity index (χ0n) is 24.8. The molecule has 0 unspecified atom stereocenters. The number of para-hydroxylation sites is 3. The number of nitriles is 1. The first-order chi connectivity index (χ1) is 22.8. The summed E-state index contributed by atoms with van der Waals surface area (Å²) in [4.78, 5) is 4.55. The summed E-state index contributed by atoms with van der Waals surface area (Å²) in [7, 11) is 0. The van der Waals surface area contributed by atoms with Crippen LogP contribution in [0.15, 0.2) is 158 Å². The van der Waals surface area contributed by atoms with Crippen LogP contribution in [0.3, 0.4) is 0 Å². The fraction of sp³-hybridized carbons (Fsp3) is 0. The Labute approximate surface area is 265 Å². The van der Waals surface area contributed by atoms with Gasteiger partial charge in [-0.2, -0.15) is 5.26 Å². The van der Waals surface area contributed by atoms with Gasteiger partial charge in [0.2, 0.25) is 0 Å². The third-order valence-electron chi connectivity index (χ3n) is 9.05. The van der Waals surface area contributed by atoms with Crippen LogP contribution in [0.5, 0.6) is 0 Å². The van der Waals surface area contributed by atoms with Crippen molar-refractivity contribution in [3.05, 3.63) is 164 Å². The monoisotopic (exact) mass is 586 g/mol. The van der Waals surface area contributed by atoms with E-state index in [1.165, 1.54) is 16.2 Å². The summed E-state index contributed by atoms with van der Waals surface area (Å²) in [5.41, 5.74) is 11.3. The standard InChI is InChI=1S/C42H26N4/c43-26-28-11-1-2-12-32(28)34-14-4-3-13-33(34)29-23-30(45-39-18-8-5-15-35(39)36-16-6-9-19-40(36)45)25-31(24-29)46-41-20-10-7-17-37(41)38-21-22-44-27-42(38)46/h1-25,27H. The molecule has 0 atom stereocenters. The molecule has 3 aromatic heterocycles. The molecule has 0 saturated heterocycles. The van der Waals surface area contributed by atoms with Crippen LogP contribution >= 0.6 is 0 Å². The topological polar surface area (TPSA) is 46.5 Å². The molecule has 0 aliphatic carbocycles. The SMILES string of the molecule is N#Cc1ccccc1-c1ccccc1-c1cc(-n2c3ccccc3c3ccccc32)cc(-n2c3ccccc3c3ccncc32)c1. The van der Waals surface area contributed by atoms with Crippen LogP contribution < -0.4 is 0 Å². The Balaban J connectivity index is 1.41. The van der Waals surface area contributed by atoms with Gasteiger partial charge in [0.15, 0.2) is 0 Å². The fourth-order valence-electron chi connectivity index (χ4n) is 7.09. The second kappa shape index (κ2) is 10.3. The molecule has 4 nitrogen and oxygen atoms in total. The zero-order chi connectivity index (χ0) is 30.6. The largest absolute Gasteiger partial charge is 0.309 e. The Hall–Kier alpha value is -6.44. The number of fused-ring (bicyclic) bond motifs is 6. The summed E-state index contributed by atoms with van der Waals surface area (Å²) in [6.45, 7) is 0. The van der Waals surface area contributed by atoms with Gasteiger partial charge in [0.1, 0.15) is 0 Å². The lowest BCUT2D eigenvalue weighted by molar-refractivity contribution is 1.13. The van der Waals surface area contributed by atoms with Crippen molar-refractivity contribution in [2.75, 3.05) is 0 Å². The van der Waals surface area contributed by atoms with E-state index in [1.54, 1.807) is 0 Å². The molecule has 0 amide bonds. The maximum Gasteiger partial charge on any atom is 0.0998 e. The fourth-order valence-corrected chi connectivity index (χ4v) is 7.09. The number of pyridine rings is 1. The lowest BCUT2D eigenvalue weighted by atomic mass is 9.91. The minimum absolute atomic E-state index is 0.655. The van der Waals surface area contributed by atoms with E-state index in [2.05, 4.69) is 135 Å². The Morgan fingerprint density at radius 3 is 1.54 bits per heavy atom. The Bertz CT molecular complexity index is 2430. The van der Waals surface area contributed by atoms with Crippen molar-refractivity contribution in [3.8, 4) is 39.7 Å². The van der Waals surface area contributed by atoms with Crippen molar-refractivity contribution in [2.24, 2.45) is 0 Å². The highest BCUT2D eigenvalue weighted by Crippen LogP contribution is 2.40. The number of benzene rings is 6. The molecule has 0 spiro atoms. The normalized spacial score (nSPS) is 11.5. The minimum Gasteiger partial charge on any atom is -0.309 e. The van der Waals surface area contributed by atoms with Gasteiger partial charge in [-0.3, -0.25) is 4.98 Å². The number of rotatable bonds is 4. The molecule has 0 bridgehead atoms. The molecule has 9 rings (SSSR count). The van der Waals surface area contributed by atoms with Crippen molar-refractivity contribution in [2.45, 2.75) is 0 Å². The molecular formula is C42H26N4. The predicted octanol–water partition coefficient (Wildman–Crippen LogP) is 10.5.